The summed E-state index contributed by atoms with van der Waals surface area (Å²) in [6.07, 6.45) is 1.61. The molecule has 0 bridgehead atoms. The molecule has 1 atom stereocenters. The van der Waals surface area contributed by atoms with Crippen molar-refractivity contribution in [3.05, 3.63) is 70.0 Å². The number of carbonyl (C=O) groups excluding carboxylic acids is 1. The minimum absolute atomic E-state index is 0.0167. The van der Waals surface area contributed by atoms with Crippen LogP contribution in [0.5, 0.6) is 0 Å². The molecule has 0 aliphatic heterocycles. The van der Waals surface area contributed by atoms with E-state index >= 15 is 0 Å². The summed E-state index contributed by atoms with van der Waals surface area (Å²) in [7, 11) is 0. The van der Waals surface area contributed by atoms with Crippen LogP contribution in [-0.2, 0) is 17.8 Å². The lowest BCUT2D eigenvalue weighted by Crippen LogP contribution is -2.40. The van der Waals surface area contributed by atoms with E-state index in [1.165, 1.54) is 5.56 Å². The van der Waals surface area contributed by atoms with Gasteiger partial charge >= 0.3 is 0 Å². The third kappa shape index (κ3) is 7.68. The number of nitrogens with zero attached hydrogens (tertiary/aromatic N) is 2. The minimum atomic E-state index is -0.355. The molecule has 0 saturated heterocycles. The van der Waals surface area contributed by atoms with Crippen LogP contribution in [0.4, 0.5) is 11.8 Å². The Kier molecular flexibility index (Phi) is 8.41. The molecule has 3 rings (SSSR count). The molecule has 0 saturated carbocycles. The fourth-order valence-corrected chi connectivity index (χ4v) is 3.92. The lowest BCUT2D eigenvalue weighted by atomic mass is 10.0. The van der Waals surface area contributed by atoms with E-state index < -0.39 is 0 Å². The first-order chi connectivity index (χ1) is 15.0. The van der Waals surface area contributed by atoms with Crippen LogP contribution in [0.3, 0.4) is 0 Å². The highest BCUT2D eigenvalue weighted by Gasteiger charge is 2.20. The standard InChI is InChI=1S/C24H31N5OS/c1-17(2)14-21(23(30)26-16-20-10-7-13-31-20)28-22-15-18(3)27-24(29-22)25-12-11-19-8-5-4-6-9-19/h4-10,13,15,17,21H,11-12,14,16H2,1-3H3,(H,26,30)(H2,25,27,28,29)/t21-/m0/s1. The molecule has 3 N–H and O–H groups in total. The van der Waals surface area contributed by atoms with E-state index in [0.717, 1.165) is 30.0 Å². The smallest absolute Gasteiger partial charge is 0.242 e. The van der Waals surface area contributed by atoms with Gasteiger partial charge in [-0.15, -0.1) is 11.3 Å². The summed E-state index contributed by atoms with van der Waals surface area (Å²) < 4.78 is 0. The number of aromatic nitrogens is 2. The van der Waals surface area contributed by atoms with Crippen molar-refractivity contribution in [2.75, 3.05) is 17.2 Å². The first-order valence-corrected chi connectivity index (χ1v) is 11.6. The average Bonchev–Trinajstić information content (AvgIpc) is 3.25. The van der Waals surface area contributed by atoms with Gasteiger partial charge < -0.3 is 16.0 Å². The maximum Gasteiger partial charge on any atom is 0.242 e. The highest BCUT2D eigenvalue weighted by Crippen LogP contribution is 2.15. The van der Waals surface area contributed by atoms with Gasteiger partial charge in [-0.1, -0.05) is 50.2 Å². The molecule has 6 nitrogen and oxygen atoms in total. The van der Waals surface area contributed by atoms with Crippen LogP contribution in [0.25, 0.3) is 0 Å². The third-order valence-electron chi connectivity index (χ3n) is 4.76. The molecule has 0 spiro atoms. The quantitative estimate of drug-likeness (QED) is 0.407. The average molecular weight is 438 g/mol. The Balaban J connectivity index is 1.62. The highest BCUT2D eigenvalue weighted by molar-refractivity contribution is 7.09. The fraction of sp³-hybridized carbons (Fsp3) is 0.375. The van der Waals surface area contributed by atoms with E-state index in [0.29, 0.717) is 24.2 Å². The molecule has 2 aromatic heterocycles. The molecule has 3 aromatic rings. The minimum Gasteiger partial charge on any atom is -0.358 e. The second-order valence-corrected chi connectivity index (χ2v) is 9.04. The molecule has 164 valence electrons. The van der Waals surface area contributed by atoms with Crippen molar-refractivity contribution in [1.82, 2.24) is 15.3 Å². The number of thiophene rings is 1. The fourth-order valence-electron chi connectivity index (χ4n) is 3.28. The number of hydrogen-bond acceptors (Lipinski definition) is 6. The zero-order chi connectivity index (χ0) is 22.1. The number of aryl methyl sites for hydroxylation is 1. The third-order valence-corrected chi connectivity index (χ3v) is 5.63. The second kappa shape index (κ2) is 11.5. The van der Waals surface area contributed by atoms with Crippen molar-refractivity contribution in [2.45, 2.75) is 46.2 Å². The molecule has 1 amide bonds. The van der Waals surface area contributed by atoms with Crippen molar-refractivity contribution in [3.8, 4) is 0 Å². The molecule has 31 heavy (non-hydrogen) atoms. The molecular formula is C24H31N5OS. The Morgan fingerprint density at radius 2 is 1.90 bits per heavy atom. The molecule has 0 fully saturated rings. The van der Waals surface area contributed by atoms with Gasteiger partial charge in [-0.05, 0) is 42.7 Å². The van der Waals surface area contributed by atoms with Crippen LogP contribution in [0.1, 0.15) is 36.4 Å². The number of hydrogen-bond donors (Lipinski definition) is 3. The van der Waals surface area contributed by atoms with Gasteiger partial charge in [-0.2, -0.15) is 4.98 Å². The molecular weight excluding hydrogens is 406 g/mol. The van der Waals surface area contributed by atoms with Gasteiger partial charge in [0.2, 0.25) is 11.9 Å². The van der Waals surface area contributed by atoms with E-state index in [1.807, 2.05) is 48.7 Å². The Bertz CT molecular complexity index is 944. The summed E-state index contributed by atoms with van der Waals surface area (Å²) in [5, 5.41) is 11.7. The summed E-state index contributed by atoms with van der Waals surface area (Å²) in [6.45, 7) is 7.45. The molecule has 0 aliphatic rings. The predicted molar refractivity (Wildman–Crippen MR) is 128 cm³/mol. The summed E-state index contributed by atoms with van der Waals surface area (Å²) in [4.78, 5) is 23.1. The van der Waals surface area contributed by atoms with Crippen LogP contribution in [0, 0.1) is 12.8 Å². The number of nitrogens with one attached hydrogen (secondary N) is 3. The number of benzene rings is 1. The number of carbonyl (C=O) groups is 1. The Labute approximate surface area is 188 Å². The van der Waals surface area contributed by atoms with Gasteiger partial charge in [0.1, 0.15) is 11.9 Å². The maximum atomic E-state index is 12.8. The van der Waals surface area contributed by atoms with Crippen molar-refractivity contribution in [1.29, 1.82) is 0 Å². The summed E-state index contributed by atoms with van der Waals surface area (Å²) in [5.41, 5.74) is 2.11. The number of rotatable bonds is 11. The Morgan fingerprint density at radius 3 is 2.61 bits per heavy atom. The van der Waals surface area contributed by atoms with Crippen molar-refractivity contribution in [2.24, 2.45) is 5.92 Å². The highest BCUT2D eigenvalue weighted by atomic mass is 32.1. The number of amides is 1. The van der Waals surface area contributed by atoms with Crippen LogP contribution >= 0.6 is 11.3 Å². The zero-order valence-electron chi connectivity index (χ0n) is 18.4. The summed E-state index contributed by atoms with van der Waals surface area (Å²) >= 11 is 1.64. The Morgan fingerprint density at radius 1 is 1.10 bits per heavy atom. The van der Waals surface area contributed by atoms with E-state index in [4.69, 9.17) is 0 Å². The molecule has 0 radical (unpaired) electrons. The van der Waals surface area contributed by atoms with Crippen LogP contribution in [0.15, 0.2) is 53.9 Å². The van der Waals surface area contributed by atoms with E-state index in [9.17, 15) is 4.79 Å². The van der Waals surface area contributed by atoms with E-state index in [2.05, 4.69) is 51.9 Å². The van der Waals surface area contributed by atoms with Gasteiger partial charge in [0.05, 0.1) is 6.54 Å². The van der Waals surface area contributed by atoms with Crippen molar-refractivity contribution in [3.63, 3.8) is 0 Å². The first-order valence-electron chi connectivity index (χ1n) is 10.7. The molecule has 0 aliphatic carbocycles. The SMILES string of the molecule is Cc1cc(N[C@@H](CC(C)C)C(=O)NCc2cccs2)nc(NCCc2ccccc2)n1. The van der Waals surface area contributed by atoms with Gasteiger partial charge in [0, 0.05) is 23.2 Å². The van der Waals surface area contributed by atoms with E-state index in [-0.39, 0.29) is 11.9 Å². The first kappa shape index (κ1) is 22.7. The van der Waals surface area contributed by atoms with Gasteiger partial charge in [-0.25, -0.2) is 4.98 Å². The van der Waals surface area contributed by atoms with Crippen molar-refractivity contribution < 1.29 is 4.79 Å². The molecule has 7 heteroatoms. The van der Waals surface area contributed by atoms with Gasteiger partial charge in [0.25, 0.3) is 0 Å². The van der Waals surface area contributed by atoms with Crippen LogP contribution < -0.4 is 16.0 Å². The van der Waals surface area contributed by atoms with Crippen LogP contribution in [-0.4, -0.2) is 28.5 Å². The predicted octanol–water partition coefficient (Wildman–Crippen LogP) is 4.64. The Hall–Kier alpha value is -2.93. The molecule has 2 heterocycles. The zero-order valence-corrected chi connectivity index (χ0v) is 19.2. The van der Waals surface area contributed by atoms with Crippen LogP contribution in [0.2, 0.25) is 0 Å². The van der Waals surface area contributed by atoms with Crippen molar-refractivity contribution >= 4 is 29.0 Å². The van der Waals surface area contributed by atoms with E-state index in [1.54, 1.807) is 11.3 Å². The largest absolute Gasteiger partial charge is 0.358 e. The van der Waals surface area contributed by atoms with Gasteiger partial charge in [0.15, 0.2) is 0 Å². The normalized spacial score (nSPS) is 11.9. The number of anilines is 2. The molecule has 0 unspecified atom stereocenters. The van der Waals surface area contributed by atoms with Gasteiger partial charge in [-0.3, -0.25) is 4.79 Å². The second-order valence-electron chi connectivity index (χ2n) is 8.00. The lowest BCUT2D eigenvalue weighted by Gasteiger charge is -2.21. The lowest BCUT2D eigenvalue weighted by molar-refractivity contribution is -0.122. The summed E-state index contributed by atoms with van der Waals surface area (Å²) in [6, 6.07) is 15.9. The topological polar surface area (TPSA) is 78.9 Å². The maximum absolute atomic E-state index is 12.8. The monoisotopic (exact) mass is 437 g/mol. The summed E-state index contributed by atoms with van der Waals surface area (Å²) in [5.74, 6) is 1.58. The molecule has 1 aromatic carbocycles.